The third kappa shape index (κ3) is 3.83. The minimum Gasteiger partial charge on any atom is -0.311 e. The van der Waals surface area contributed by atoms with Crippen LogP contribution in [0.2, 0.25) is 0 Å². The van der Waals surface area contributed by atoms with E-state index in [9.17, 15) is 13.2 Å². The number of fused-ring (bicyclic) bond motifs is 1. The van der Waals surface area contributed by atoms with Crippen LogP contribution in [0, 0.1) is 0 Å². The molecule has 1 aliphatic heterocycles. The molecule has 1 aromatic rings. The Morgan fingerprint density at radius 1 is 1.29 bits per heavy atom. The van der Waals surface area contributed by atoms with E-state index in [1.54, 1.807) is 4.90 Å². The average Bonchev–Trinajstić information content (AvgIpc) is 2.95. The van der Waals surface area contributed by atoms with Crippen LogP contribution in [0.15, 0.2) is 22.7 Å². The fourth-order valence-corrected chi connectivity index (χ4v) is 5.24. The Bertz CT molecular complexity index is 729. The van der Waals surface area contributed by atoms with E-state index in [0.717, 1.165) is 54.2 Å². The summed E-state index contributed by atoms with van der Waals surface area (Å²) in [5, 5.41) is 0. The van der Waals surface area contributed by atoms with Crippen LogP contribution in [-0.4, -0.2) is 44.0 Å². The lowest BCUT2D eigenvalue weighted by atomic mass is 9.95. The largest absolute Gasteiger partial charge is 0.311 e. The van der Waals surface area contributed by atoms with Crippen molar-refractivity contribution in [3.05, 3.63) is 28.2 Å². The SMILES string of the molecule is CS(=O)(=O)N(CC(=O)N1CCc2cc(Br)ccc21)C1CCCCC1. The standard InChI is InChI=1S/C17H23BrN2O3S/c1-24(22,23)20(15-5-3-2-4-6-15)12-17(21)19-10-9-13-11-14(18)7-8-16(13)19/h7-8,11,15H,2-6,9-10,12H2,1H3. The van der Waals surface area contributed by atoms with Gasteiger partial charge in [-0.15, -0.1) is 0 Å². The van der Waals surface area contributed by atoms with Crippen molar-refractivity contribution in [1.82, 2.24) is 4.31 Å². The first kappa shape index (κ1) is 17.9. The molecule has 0 spiro atoms. The highest BCUT2D eigenvalue weighted by atomic mass is 79.9. The van der Waals surface area contributed by atoms with Gasteiger partial charge in [0.2, 0.25) is 15.9 Å². The molecule has 2 aliphatic rings. The molecule has 0 bridgehead atoms. The second kappa shape index (κ2) is 7.14. The zero-order chi connectivity index (χ0) is 17.3. The Hall–Kier alpha value is -0.920. The van der Waals surface area contributed by atoms with Gasteiger partial charge >= 0.3 is 0 Å². The molecule has 132 valence electrons. The molecular formula is C17H23BrN2O3S. The van der Waals surface area contributed by atoms with Crippen LogP contribution < -0.4 is 4.90 Å². The second-order valence-corrected chi connectivity index (χ2v) is 9.52. The molecular weight excluding hydrogens is 392 g/mol. The van der Waals surface area contributed by atoms with Crippen molar-refractivity contribution in [1.29, 1.82) is 0 Å². The number of halogens is 1. The quantitative estimate of drug-likeness (QED) is 0.760. The summed E-state index contributed by atoms with van der Waals surface area (Å²) in [5.74, 6) is -0.132. The molecule has 0 aromatic heterocycles. The number of carbonyl (C=O) groups is 1. The Balaban J connectivity index is 1.77. The van der Waals surface area contributed by atoms with Crippen molar-refractivity contribution in [2.75, 3.05) is 24.2 Å². The third-order valence-corrected chi connectivity index (χ3v) is 6.71. The van der Waals surface area contributed by atoms with Crippen LogP contribution in [0.5, 0.6) is 0 Å². The number of hydrogen-bond donors (Lipinski definition) is 0. The molecule has 0 radical (unpaired) electrons. The van der Waals surface area contributed by atoms with Gasteiger partial charge in [0, 0.05) is 22.7 Å². The van der Waals surface area contributed by atoms with Gasteiger partial charge in [0.25, 0.3) is 0 Å². The molecule has 1 aliphatic carbocycles. The van der Waals surface area contributed by atoms with E-state index in [1.165, 1.54) is 10.6 Å². The average molecular weight is 415 g/mol. The van der Waals surface area contributed by atoms with Crippen LogP contribution in [0.3, 0.4) is 0 Å². The number of anilines is 1. The summed E-state index contributed by atoms with van der Waals surface area (Å²) in [6, 6.07) is 5.83. The highest BCUT2D eigenvalue weighted by Gasteiger charge is 2.33. The maximum Gasteiger partial charge on any atom is 0.242 e. The first-order valence-electron chi connectivity index (χ1n) is 8.42. The number of nitrogens with zero attached hydrogens (tertiary/aromatic N) is 2. The van der Waals surface area contributed by atoms with E-state index in [4.69, 9.17) is 0 Å². The van der Waals surface area contributed by atoms with Gasteiger partial charge in [0.15, 0.2) is 0 Å². The normalized spacial score (nSPS) is 18.9. The van der Waals surface area contributed by atoms with Gasteiger partial charge in [-0.25, -0.2) is 8.42 Å². The van der Waals surface area contributed by atoms with Gasteiger partial charge < -0.3 is 4.90 Å². The topological polar surface area (TPSA) is 57.7 Å². The van der Waals surface area contributed by atoms with E-state index >= 15 is 0 Å². The second-order valence-electron chi connectivity index (χ2n) is 6.67. The fourth-order valence-electron chi connectivity index (χ4n) is 3.73. The molecule has 0 unspecified atom stereocenters. The van der Waals surface area contributed by atoms with Crippen LogP contribution in [0.1, 0.15) is 37.7 Å². The predicted molar refractivity (Wildman–Crippen MR) is 98.6 cm³/mol. The summed E-state index contributed by atoms with van der Waals surface area (Å²) < 4.78 is 26.9. The van der Waals surface area contributed by atoms with Crippen molar-refractivity contribution in [2.24, 2.45) is 0 Å². The van der Waals surface area contributed by atoms with E-state index in [1.807, 2.05) is 18.2 Å². The van der Waals surface area contributed by atoms with Gasteiger partial charge in [0.1, 0.15) is 0 Å². The molecule has 7 heteroatoms. The van der Waals surface area contributed by atoms with Crippen LogP contribution in [0.25, 0.3) is 0 Å². The van der Waals surface area contributed by atoms with Crippen LogP contribution in [0.4, 0.5) is 5.69 Å². The van der Waals surface area contributed by atoms with Crippen LogP contribution in [-0.2, 0) is 21.2 Å². The lowest BCUT2D eigenvalue weighted by Crippen LogP contribution is -2.47. The summed E-state index contributed by atoms with van der Waals surface area (Å²) >= 11 is 3.45. The molecule has 0 saturated heterocycles. The molecule has 1 saturated carbocycles. The van der Waals surface area contributed by atoms with E-state index < -0.39 is 10.0 Å². The molecule has 1 amide bonds. The van der Waals surface area contributed by atoms with Crippen molar-refractivity contribution in [3.63, 3.8) is 0 Å². The summed E-state index contributed by atoms with van der Waals surface area (Å²) in [7, 11) is -3.39. The molecule has 0 N–H and O–H groups in total. The minimum absolute atomic E-state index is 0.0373. The molecule has 24 heavy (non-hydrogen) atoms. The molecule has 3 rings (SSSR count). The van der Waals surface area contributed by atoms with Crippen molar-refractivity contribution < 1.29 is 13.2 Å². The molecule has 5 nitrogen and oxygen atoms in total. The number of rotatable bonds is 4. The van der Waals surface area contributed by atoms with Crippen molar-refractivity contribution in [2.45, 2.75) is 44.6 Å². The van der Waals surface area contributed by atoms with Crippen molar-refractivity contribution >= 4 is 37.5 Å². The minimum atomic E-state index is -3.39. The smallest absolute Gasteiger partial charge is 0.242 e. The summed E-state index contributed by atoms with van der Waals surface area (Å²) in [6.07, 6.45) is 6.94. The Morgan fingerprint density at radius 2 is 2.00 bits per heavy atom. The highest BCUT2D eigenvalue weighted by molar-refractivity contribution is 9.10. The Labute approximate surface area is 152 Å². The monoisotopic (exact) mass is 414 g/mol. The first-order chi connectivity index (χ1) is 11.4. The lowest BCUT2D eigenvalue weighted by molar-refractivity contribution is -0.119. The molecule has 0 atom stereocenters. The van der Waals surface area contributed by atoms with Gasteiger partial charge in [-0.2, -0.15) is 4.31 Å². The van der Waals surface area contributed by atoms with Gasteiger partial charge in [-0.05, 0) is 43.0 Å². The third-order valence-electron chi connectivity index (χ3n) is 4.94. The van der Waals surface area contributed by atoms with Gasteiger partial charge in [0.05, 0.1) is 12.8 Å². The molecule has 1 fully saturated rings. The van der Waals surface area contributed by atoms with Crippen LogP contribution >= 0.6 is 15.9 Å². The van der Waals surface area contributed by atoms with Crippen molar-refractivity contribution in [3.8, 4) is 0 Å². The maximum absolute atomic E-state index is 12.8. The maximum atomic E-state index is 12.8. The zero-order valence-electron chi connectivity index (χ0n) is 13.9. The number of hydrogen-bond acceptors (Lipinski definition) is 3. The molecule has 1 heterocycles. The lowest BCUT2D eigenvalue weighted by Gasteiger charge is -2.33. The summed E-state index contributed by atoms with van der Waals surface area (Å²) in [6.45, 7) is 0.561. The predicted octanol–water partition coefficient (Wildman–Crippen LogP) is 2.93. The first-order valence-corrected chi connectivity index (χ1v) is 11.1. The highest BCUT2D eigenvalue weighted by Crippen LogP contribution is 2.31. The van der Waals surface area contributed by atoms with Gasteiger partial charge in [-0.1, -0.05) is 35.2 Å². The summed E-state index contributed by atoms with van der Waals surface area (Å²) in [4.78, 5) is 14.5. The molecule has 1 aromatic carbocycles. The number of amides is 1. The Morgan fingerprint density at radius 3 is 2.67 bits per heavy atom. The summed E-state index contributed by atoms with van der Waals surface area (Å²) in [5.41, 5.74) is 2.03. The number of carbonyl (C=O) groups excluding carboxylic acids is 1. The van der Waals surface area contributed by atoms with E-state index in [-0.39, 0.29) is 18.5 Å². The number of benzene rings is 1. The Kier molecular flexibility index (Phi) is 5.32. The number of sulfonamides is 1. The van der Waals surface area contributed by atoms with Gasteiger partial charge in [-0.3, -0.25) is 4.79 Å². The zero-order valence-corrected chi connectivity index (χ0v) is 16.3. The van der Waals surface area contributed by atoms with E-state index in [0.29, 0.717) is 6.54 Å². The fraction of sp³-hybridized carbons (Fsp3) is 0.588. The van der Waals surface area contributed by atoms with E-state index in [2.05, 4.69) is 15.9 Å².